The monoisotopic (exact) mass is 231 g/mol. The van der Waals surface area contributed by atoms with Crippen molar-refractivity contribution in [2.24, 2.45) is 0 Å². The quantitative estimate of drug-likeness (QED) is 0.751. The number of hydrazine groups is 1. The van der Waals surface area contributed by atoms with E-state index < -0.39 is 0 Å². The first-order valence-electron chi connectivity index (χ1n) is 5.71. The first-order valence-corrected chi connectivity index (χ1v) is 5.71. The Morgan fingerprint density at radius 3 is 2.29 bits per heavy atom. The van der Waals surface area contributed by atoms with Crippen molar-refractivity contribution in [3.05, 3.63) is 35.4 Å². The highest BCUT2D eigenvalue weighted by Crippen LogP contribution is 2.22. The fourth-order valence-corrected chi connectivity index (χ4v) is 2.25. The van der Waals surface area contributed by atoms with Gasteiger partial charge in [-0.1, -0.05) is 12.1 Å². The molecule has 5 nitrogen and oxygen atoms in total. The predicted molar refractivity (Wildman–Crippen MR) is 61.1 cm³/mol. The molecule has 2 aliphatic heterocycles. The average molecular weight is 231 g/mol. The molecular formula is C12H13N3O2. The van der Waals surface area contributed by atoms with Gasteiger partial charge in [-0.15, -0.1) is 0 Å². The second-order valence-electron chi connectivity index (χ2n) is 4.25. The molecule has 0 unspecified atom stereocenters. The number of hydrogen-bond donors (Lipinski definition) is 1. The lowest BCUT2D eigenvalue weighted by Crippen LogP contribution is -2.44. The number of carbonyl (C=O) groups excluding carboxylic acids is 2. The molecule has 2 amide bonds. The number of rotatable bonds is 2. The summed E-state index contributed by atoms with van der Waals surface area (Å²) < 4.78 is 0. The van der Waals surface area contributed by atoms with Gasteiger partial charge in [-0.05, 0) is 18.6 Å². The van der Waals surface area contributed by atoms with Crippen LogP contribution in [-0.4, -0.2) is 41.5 Å². The fraction of sp³-hybridized carbons (Fsp3) is 0.333. The van der Waals surface area contributed by atoms with Crippen molar-refractivity contribution in [2.45, 2.75) is 6.42 Å². The summed E-state index contributed by atoms with van der Waals surface area (Å²) in [6.07, 6.45) is 1.04. The molecule has 1 N–H and O–H groups in total. The third-order valence-electron chi connectivity index (χ3n) is 3.13. The van der Waals surface area contributed by atoms with Crippen LogP contribution in [0.4, 0.5) is 0 Å². The van der Waals surface area contributed by atoms with E-state index in [0.717, 1.165) is 19.5 Å². The van der Waals surface area contributed by atoms with Gasteiger partial charge in [0.15, 0.2) is 0 Å². The Bertz CT molecular complexity index is 445. The molecule has 0 aromatic heterocycles. The second kappa shape index (κ2) is 3.94. The van der Waals surface area contributed by atoms with Crippen LogP contribution in [0.2, 0.25) is 0 Å². The third-order valence-corrected chi connectivity index (χ3v) is 3.13. The number of hydrogen-bond acceptors (Lipinski definition) is 4. The summed E-state index contributed by atoms with van der Waals surface area (Å²) in [7, 11) is 0. The Kier molecular flexibility index (Phi) is 2.42. The molecule has 0 bridgehead atoms. The van der Waals surface area contributed by atoms with E-state index in [1.54, 1.807) is 24.3 Å². The van der Waals surface area contributed by atoms with Crippen molar-refractivity contribution in [1.29, 1.82) is 0 Å². The number of benzene rings is 1. The number of fused-ring (bicyclic) bond motifs is 1. The van der Waals surface area contributed by atoms with Gasteiger partial charge in [0.1, 0.15) is 0 Å². The van der Waals surface area contributed by atoms with E-state index in [9.17, 15) is 9.59 Å². The van der Waals surface area contributed by atoms with Gasteiger partial charge in [-0.3, -0.25) is 19.9 Å². The van der Waals surface area contributed by atoms with Crippen LogP contribution < -0.4 is 5.43 Å². The number of nitrogens with one attached hydrogen (secondary N) is 1. The lowest BCUT2D eigenvalue weighted by Gasteiger charge is -2.21. The molecule has 0 aliphatic carbocycles. The van der Waals surface area contributed by atoms with Gasteiger partial charge in [-0.2, -0.15) is 0 Å². The Balaban J connectivity index is 1.84. The van der Waals surface area contributed by atoms with E-state index in [2.05, 4.69) is 5.43 Å². The molecule has 0 atom stereocenters. The maximum atomic E-state index is 12.0. The van der Waals surface area contributed by atoms with Crippen molar-refractivity contribution >= 4 is 11.8 Å². The van der Waals surface area contributed by atoms with Crippen LogP contribution in [0.3, 0.4) is 0 Å². The number of imide groups is 1. The smallest absolute Gasteiger partial charge is 0.262 e. The molecule has 5 heteroatoms. The predicted octanol–water partition coefficient (Wildman–Crippen LogP) is 0.450. The van der Waals surface area contributed by atoms with Gasteiger partial charge < -0.3 is 0 Å². The van der Waals surface area contributed by atoms with Crippen molar-refractivity contribution < 1.29 is 9.59 Å². The topological polar surface area (TPSA) is 52.7 Å². The van der Waals surface area contributed by atoms with Gasteiger partial charge >= 0.3 is 0 Å². The summed E-state index contributed by atoms with van der Waals surface area (Å²) in [6.45, 7) is 2.10. The first-order chi connectivity index (χ1) is 8.27. The van der Waals surface area contributed by atoms with Crippen molar-refractivity contribution in [3.63, 3.8) is 0 Å². The highest BCUT2D eigenvalue weighted by atomic mass is 16.2. The lowest BCUT2D eigenvalue weighted by molar-refractivity contribution is 0.0519. The van der Waals surface area contributed by atoms with Crippen LogP contribution in [0, 0.1) is 0 Å². The van der Waals surface area contributed by atoms with E-state index in [0.29, 0.717) is 17.8 Å². The molecule has 1 saturated heterocycles. The van der Waals surface area contributed by atoms with Gasteiger partial charge in [0, 0.05) is 13.1 Å². The molecule has 1 fully saturated rings. The normalized spacial score (nSPS) is 20.1. The summed E-state index contributed by atoms with van der Waals surface area (Å²) in [6, 6.07) is 6.96. The van der Waals surface area contributed by atoms with Crippen LogP contribution in [0.15, 0.2) is 24.3 Å². The molecule has 0 radical (unpaired) electrons. The molecule has 0 saturated carbocycles. The molecule has 1 aromatic carbocycles. The van der Waals surface area contributed by atoms with E-state index >= 15 is 0 Å². The standard InChI is InChI=1S/C12H13N3O2/c16-11-9-4-1-2-5-10(9)12(17)15(11)8-14-7-3-6-13-14/h1-2,4-5,13H,3,6-8H2. The summed E-state index contributed by atoms with van der Waals surface area (Å²) in [5.41, 5.74) is 4.16. The largest absolute Gasteiger partial charge is 0.269 e. The van der Waals surface area contributed by atoms with Crippen molar-refractivity contribution in [2.75, 3.05) is 19.8 Å². The van der Waals surface area contributed by atoms with Gasteiger partial charge in [0.25, 0.3) is 11.8 Å². The zero-order valence-electron chi connectivity index (χ0n) is 9.35. The minimum atomic E-state index is -0.195. The van der Waals surface area contributed by atoms with E-state index in [1.165, 1.54) is 4.90 Å². The van der Waals surface area contributed by atoms with Gasteiger partial charge in [-0.25, -0.2) is 5.01 Å². The van der Waals surface area contributed by atoms with Crippen LogP contribution >= 0.6 is 0 Å². The minimum absolute atomic E-state index is 0.195. The zero-order chi connectivity index (χ0) is 11.8. The van der Waals surface area contributed by atoms with Crippen LogP contribution in [0.1, 0.15) is 27.1 Å². The molecule has 17 heavy (non-hydrogen) atoms. The molecule has 88 valence electrons. The first kappa shape index (κ1) is 10.4. The summed E-state index contributed by atoms with van der Waals surface area (Å²) >= 11 is 0. The third kappa shape index (κ3) is 1.64. The van der Waals surface area contributed by atoms with Crippen LogP contribution in [0.5, 0.6) is 0 Å². The van der Waals surface area contributed by atoms with Crippen LogP contribution in [0.25, 0.3) is 0 Å². The van der Waals surface area contributed by atoms with E-state index in [4.69, 9.17) is 0 Å². The SMILES string of the molecule is O=C1c2ccccc2C(=O)N1CN1CCCN1. The molecule has 1 aromatic rings. The van der Waals surface area contributed by atoms with E-state index in [1.807, 2.05) is 5.01 Å². The van der Waals surface area contributed by atoms with E-state index in [-0.39, 0.29) is 11.8 Å². The Morgan fingerprint density at radius 1 is 1.12 bits per heavy atom. The highest BCUT2D eigenvalue weighted by molar-refractivity contribution is 6.21. The Labute approximate surface area is 99.0 Å². The maximum absolute atomic E-state index is 12.0. The molecule has 0 spiro atoms. The maximum Gasteiger partial charge on any atom is 0.262 e. The fourth-order valence-electron chi connectivity index (χ4n) is 2.25. The van der Waals surface area contributed by atoms with Crippen molar-refractivity contribution in [3.8, 4) is 0 Å². The molecule has 2 heterocycles. The number of nitrogens with zero attached hydrogens (tertiary/aromatic N) is 2. The summed E-state index contributed by atoms with van der Waals surface area (Å²) in [5, 5.41) is 1.90. The highest BCUT2D eigenvalue weighted by Gasteiger charge is 2.36. The lowest BCUT2D eigenvalue weighted by atomic mass is 10.1. The minimum Gasteiger partial charge on any atom is -0.269 e. The summed E-state index contributed by atoms with van der Waals surface area (Å²) in [4.78, 5) is 25.4. The average Bonchev–Trinajstić information content (AvgIpc) is 2.94. The van der Waals surface area contributed by atoms with Crippen molar-refractivity contribution in [1.82, 2.24) is 15.3 Å². The molecular weight excluding hydrogens is 218 g/mol. The van der Waals surface area contributed by atoms with Crippen LogP contribution in [-0.2, 0) is 0 Å². The molecule has 2 aliphatic rings. The number of carbonyl (C=O) groups is 2. The second-order valence-corrected chi connectivity index (χ2v) is 4.25. The Morgan fingerprint density at radius 2 is 1.76 bits per heavy atom. The molecule has 3 rings (SSSR count). The zero-order valence-corrected chi connectivity index (χ0v) is 9.35. The summed E-state index contributed by atoms with van der Waals surface area (Å²) in [5.74, 6) is -0.390. The van der Waals surface area contributed by atoms with Gasteiger partial charge in [0.2, 0.25) is 0 Å². The Hall–Kier alpha value is -1.72. The number of amides is 2. The van der Waals surface area contributed by atoms with Gasteiger partial charge in [0.05, 0.1) is 17.8 Å².